The lowest BCUT2D eigenvalue weighted by Gasteiger charge is -2.02. The Hall–Kier alpha value is -1.24. The minimum absolute atomic E-state index is 0.195. The lowest BCUT2D eigenvalue weighted by Crippen LogP contribution is -2.07. The van der Waals surface area contributed by atoms with Crippen molar-refractivity contribution in [1.29, 1.82) is 0 Å². The van der Waals surface area contributed by atoms with Gasteiger partial charge in [-0.3, -0.25) is 0 Å². The Labute approximate surface area is 65.0 Å². The summed E-state index contributed by atoms with van der Waals surface area (Å²) in [6.07, 6.45) is 4.50. The number of aliphatic imine (C=N–C) groups is 2. The molecule has 0 aliphatic rings. The molecule has 0 aromatic rings. The molecule has 1 unspecified atom stereocenters. The Morgan fingerprint density at radius 3 is 2.55 bits per heavy atom. The highest BCUT2D eigenvalue weighted by molar-refractivity contribution is 5.35. The SMILES string of the molecule is CCCC(CN=C=O)N=C=O. The van der Waals surface area contributed by atoms with E-state index in [-0.39, 0.29) is 12.6 Å². The molecule has 4 heteroatoms. The van der Waals surface area contributed by atoms with Crippen LogP contribution in [0.25, 0.3) is 0 Å². The van der Waals surface area contributed by atoms with Crippen LogP contribution in [0.5, 0.6) is 0 Å². The zero-order valence-corrected chi connectivity index (χ0v) is 6.41. The molecule has 0 saturated carbocycles. The van der Waals surface area contributed by atoms with Crippen LogP contribution in [0, 0.1) is 0 Å². The minimum atomic E-state index is -0.195. The summed E-state index contributed by atoms with van der Waals surface area (Å²) in [5, 5.41) is 0. The quantitative estimate of drug-likeness (QED) is 0.435. The molecule has 0 aliphatic heterocycles. The van der Waals surface area contributed by atoms with Crippen LogP contribution in [0.3, 0.4) is 0 Å². The molecule has 4 nitrogen and oxygen atoms in total. The maximum Gasteiger partial charge on any atom is 0.235 e. The summed E-state index contributed by atoms with van der Waals surface area (Å²) in [6, 6.07) is -0.195. The predicted molar refractivity (Wildman–Crippen MR) is 39.8 cm³/mol. The van der Waals surface area contributed by atoms with Gasteiger partial charge in [0, 0.05) is 0 Å². The molecule has 0 aromatic heterocycles. The Balaban J connectivity index is 3.87. The largest absolute Gasteiger partial charge is 0.235 e. The van der Waals surface area contributed by atoms with Crippen LogP contribution >= 0.6 is 0 Å². The number of nitrogens with zero attached hydrogens (tertiary/aromatic N) is 2. The van der Waals surface area contributed by atoms with Crippen molar-refractivity contribution in [3.8, 4) is 0 Å². The van der Waals surface area contributed by atoms with Crippen LogP contribution < -0.4 is 0 Å². The molecule has 0 N–H and O–H groups in total. The maximum atomic E-state index is 9.82. The third-order valence-corrected chi connectivity index (χ3v) is 1.22. The van der Waals surface area contributed by atoms with Gasteiger partial charge in [0.05, 0.1) is 12.6 Å². The first-order valence-corrected chi connectivity index (χ1v) is 3.45. The van der Waals surface area contributed by atoms with Gasteiger partial charge in [-0.25, -0.2) is 19.6 Å². The average molecular weight is 154 g/mol. The number of isocyanates is 2. The van der Waals surface area contributed by atoms with Crippen molar-refractivity contribution >= 4 is 12.2 Å². The fourth-order valence-electron chi connectivity index (χ4n) is 0.747. The number of carbonyl (C=O) groups excluding carboxylic acids is 2. The first-order valence-electron chi connectivity index (χ1n) is 3.45. The predicted octanol–water partition coefficient (Wildman–Crippen LogP) is 0.827. The molecule has 0 aromatic carbocycles. The Kier molecular flexibility index (Phi) is 6.10. The van der Waals surface area contributed by atoms with Crippen molar-refractivity contribution in [2.45, 2.75) is 25.8 Å². The first kappa shape index (κ1) is 9.76. The van der Waals surface area contributed by atoms with Crippen LogP contribution in [0.15, 0.2) is 9.98 Å². The molecule has 1 atom stereocenters. The Morgan fingerprint density at radius 1 is 1.36 bits per heavy atom. The summed E-state index contributed by atoms with van der Waals surface area (Å²) in [4.78, 5) is 26.3. The van der Waals surface area contributed by atoms with Crippen LogP contribution in [0.4, 0.5) is 0 Å². The first-order chi connectivity index (χ1) is 5.35. The molecule has 11 heavy (non-hydrogen) atoms. The van der Waals surface area contributed by atoms with Gasteiger partial charge in [0.1, 0.15) is 0 Å². The van der Waals surface area contributed by atoms with Crippen molar-refractivity contribution in [2.24, 2.45) is 9.98 Å². The number of rotatable bonds is 5. The van der Waals surface area contributed by atoms with Gasteiger partial charge in [-0.15, -0.1) is 0 Å². The molecule has 0 radical (unpaired) electrons. The van der Waals surface area contributed by atoms with Crippen molar-refractivity contribution in [1.82, 2.24) is 0 Å². The van der Waals surface area contributed by atoms with Crippen molar-refractivity contribution < 1.29 is 9.59 Å². The van der Waals surface area contributed by atoms with Gasteiger partial charge >= 0.3 is 0 Å². The van der Waals surface area contributed by atoms with E-state index in [4.69, 9.17) is 0 Å². The monoisotopic (exact) mass is 154 g/mol. The highest BCUT2D eigenvalue weighted by Crippen LogP contribution is 2.00. The van der Waals surface area contributed by atoms with Crippen LogP contribution in [-0.2, 0) is 9.59 Å². The highest BCUT2D eigenvalue weighted by atomic mass is 16.1. The lowest BCUT2D eigenvalue weighted by atomic mass is 10.2. The van der Waals surface area contributed by atoms with E-state index in [2.05, 4.69) is 9.98 Å². The normalized spacial score (nSPS) is 11.0. The van der Waals surface area contributed by atoms with Gasteiger partial charge in [0.2, 0.25) is 12.2 Å². The molecule has 0 rings (SSSR count). The van der Waals surface area contributed by atoms with Crippen molar-refractivity contribution in [2.75, 3.05) is 6.54 Å². The van der Waals surface area contributed by atoms with E-state index in [1.165, 1.54) is 12.2 Å². The van der Waals surface area contributed by atoms with Crippen LogP contribution in [-0.4, -0.2) is 24.7 Å². The molecular weight excluding hydrogens is 144 g/mol. The van der Waals surface area contributed by atoms with Gasteiger partial charge < -0.3 is 0 Å². The van der Waals surface area contributed by atoms with Gasteiger partial charge in [0.25, 0.3) is 0 Å². The van der Waals surface area contributed by atoms with E-state index in [1.54, 1.807) is 0 Å². The maximum absolute atomic E-state index is 9.82. The second kappa shape index (κ2) is 6.87. The molecule has 0 spiro atoms. The molecule has 0 amide bonds. The Morgan fingerprint density at radius 2 is 2.09 bits per heavy atom. The van der Waals surface area contributed by atoms with Crippen LogP contribution in [0.2, 0.25) is 0 Å². The van der Waals surface area contributed by atoms with Crippen molar-refractivity contribution in [3.63, 3.8) is 0 Å². The fraction of sp³-hybridized carbons (Fsp3) is 0.714. The second-order valence-electron chi connectivity index (χ2n) is 2.09. The molecule has 0 aliphatic carbocycles. The third-order valence-electron chi connectivity index (χ3n) is 1.22. The third kappa shape index (κ3) is 5.22. The summed E-state index contributed by atoms with van der Waals surface area (Å²) in [6.45, 7) is 2.21. The summed E-state index contributed by atoms with van der Waals surface area (Å²) in [7, 11) is 0. The number of hydrogen-bond donors (Lipinski definition) is 0. The molecule has 60 valence electrons. The summed E-state index contributed by atoms with van der Waals surface area (Å²) < 4.78 is 0. The van der Waals surface area contributed by atoms with Gasteiger partial charge in [-0.1, -0.05) is 13.3 Å². The minimum Gasteiger partial charge on any atom is -0.211 e. The molecule has 0 heterocycles. The summed E-state index contributed by atoms with van der Waals surface area (Å²) in [5.41, 5.74) is 0. The summed E-state index contributed by atoms with van der Waals surface area (Å²) >= 11 is 0. The van der Waals surface area contributed by atoms with E-state index < -0.39 is 0 Å². The average Bonchev–Trinajstić information content (AvgIpc) is 2.01. The number of hydrogen-bond acceptors (Lipinski definition) is 4. The molecule has 0 bridgehead atoms. The second-order valence-corrected chi connectivity index (χ2v) is 2.09. The molecule has 0 saturated heterocycles. The van der Waals surface area contributed by atoms with Crippen LogP contribution in [0.1, 0.15) is 19.8 Å². The smallest absolute Gasteiger partial charge is 0.211 e. The van der Waals surface area contributed by atoms with Gasteiger partial charge in [0.15, 0.2) is 0 Å². The molecular formula is C7H10N2O2. The van der Waals surface area contributed by atoms with E-state index in [0.29, 0.717) is 0 Å². The zero-order chi connectivity index (χ0) is 8.53. The van der Waals surface area contributed by atoms with E-state index in [9.17, 15) is 9.59 Å². The van der Waals surface area contributed by atoms with E-state index >= 15 is 0 Å². The highest BCUT2D eigenvalue weighted by Gasteiger charge is 2.02. The molecule has 0 fully saturated rings. The summed E-state index contributed by atoms with van der Waals surface area (Å²) in [5.74, 6) is 0. The Bertz CT molecular complexity index is 191. The zero-order valence-electron chi connectivity index (χ0n) is 6.41. The lowest BCUT2D eigenvalue weighted by molar-refractivity contribution is 0.543. The van der Waals surface area contributed by atoms with Gasteiger partial charge in [-0.05, 0) is 6.42 Å². The van der Waals surface area contributed by atoms with Crippen molar-refractivity contribution in [3.05, 3.63) is 0 Å². The fourth-order valence-corrected chi connectivity index (χ4v) is 0.747. The van der Waals surface area contributed by atoms with E-state index in [1.807, 2.05) is 6.92 Å². The van der Waals surface area contributed by atoms with Gasteiger partial charge in [-0.2, -0.15) is 0 Å². The standard InChI is InChI=1S/C7H10N2O2/c1-2-3-7(9-6-11)4-8-5-10/h7H,2-4H2,1H3. The topological polar surface area (TPSA) is 58.9 Å². The van der Waals surface area contributed by atoms with E-state index in [0.717, 1.165) is 12.8 Å².